The molecule has 0 saturated heterocycles. The Labute approximate surface area is 132 Å². The summed E-state index contributed by atoms with van der Waals surface area (Å²) in [5, 5.41) is 5.81. The summed E-state index contributed by atoms with van der Waals surface area (Å²) in [4.78, 5) is 14.2. The molecule has 1 fully saturated rings. The van der Waals surface area contributed by atoms with Crippen molar-refractivity contribution in [2.75, 3.05) is 20.6 Å². The van der Waals surface area contributed by atoms with Crippen LogP contribution in [-0.2, 0) is 6.54 Å². The summed E-state index contributed by atoms with van der Waals surface area (Å²) >= 11 is 0. The number of nitrogens with one attached hydrogen (secondary N) is 2. The van der Waals surface area contributed by atoms with E-state index in [1.54, 1.807) is 12.1 Å². The van der Waals surface area contributed by atoms with Crippen LogP contribution in [0.3, 0.4) is 0 Å². The number of nitrogens with zero attached hydrogens (tertiary/aromatic N) is 1. The van der Waals surface area contributed by atoms with Gasteiger partial charge in [-0.15, -0.1) is 0 Å². The van der Waals surface area contributed by atoms with E-state index in [1.165, 1.54) is 31.4 Å². The molecule has 0 radical (unpaired) electrons. The number of amides is 2. The summed E-state index contributed by atoms with van der Waals surface area (Å²) in [6, 6.07) is 5.99. The van der Waals surface area contributed by atoms with E-state index in [0.717, 1.165) is 18.4 Å². The predicted octanol–water partition coefficient (Wildman–Crippen LogP) is 2.89. The summed E-state index contributed by atoms with van der Waals surface area (Å²) in [5.41, 5.74) is 0.961. The van der Waals surface area contributed by atoms with Crippen molar-refractivity contribution in [3.8, 4) is 0 Å². The van der Waals surface area contributed by atoms with Gasteiger partial charge in [0.25, 0.3) is 0 Å². The molecule has 0 aliphatic heterocycles. The number of urea groups is 1. The Morgan fingerprint density at radius 2 is 1.77 bits per heavy atom. The van der Waals surface area contributed by atoms with Crippen molar-refractivity contribution in [1.82, 2.24) is 15.5 Å². The fourth-order valence-electron chi connectivity index (χ4n) is 3.08. The first kappa shape index (κ1) is 16.7. The Hall–Kier alpha value is -1.62. The van der Waals surface area contributed by atoms with Gasteiger partial charge in [-0.2, -0.15) is 0 Å². The maximum atomic E-state index is 12.8. The Balaban J connectivity index is 1.80. The molecule has 0 atom stereocenters. The second kappa shape index (κ2) is 7.58. The van der Waals surface area contributed by atoms with Gasteiger partial charge in [0.05, 0.1) is 0 Å². The van der Waals surface area contributed by atoms with E-state index in [1.807, 2.05) is 0 Å². The number of hydrogen-bond acceptors (Lipinski definition) is 2. The molecule has 22 heavy (non-hydrogen) atoms. The van der Waals surface area contributed by atoms with Crippen LogP contribution >= 0.6 is 0 Å². The van der Waals surface area contributed by atoms with Crippen LogP contribution in [-0.4, -0.2) is 37.1 Å². The van der Waals surface area contributed by atoms with E-state index < -0.39 is 0 Å². The molecule has 0 spiro atoms. The van der Waals surface area contributed by atoms with E-state index in [9.17, 15) is 9.18 Å². The first-order valence-corrected chi connectivity index (χ1v) is 7.95. The van der Waals surface area contributed by atoms with Crippen molar-refractivity contribution in [3.05, 3.63) is 35.6 Å². The summed E-state index contributed by atoms with van der Waals surface area (Å²) < 4.78 is 12.8. The van der Waals surface area contributed by atoms with E-state index in [-0.39, 0.29) is 17.4 Å². The highest BCUT2D eigenvalue weighted by Gasteiger charge is 2.34. The molecule has 1 aromatic carbocycles. The largest absolute Gasteiger partial charge is 0.336 e. The van der Waals surface area contributed by atoms with Crippen molar-refractivity contribution < 1.29 is 9.18 Å². The Morgan fingerprint density at radius 1 is 1.14 bits per heavy atom. The lowest BCUT2D eigenvalue weighted by Gasteiger charge is -2.43. The van der Waals surface area contributed by atoms with Crippen molar-refractivity contribution in [3.63, 3.8) is 0 Å². The molecule has 2 rings (SSSR count). The van der Waals surface area contributed by atoms with Crippen LogP contribution in [0.4, 0.5) is 9.18 Å². The monoisotopic (exact) mass is 307 g/mol. The number of halogens is 1. The van der Waals surface area contributed by atoms with Crippen LogP contribution in [0.25, 0.3) is 0 Å². The van der Waals surface area contributed by atoms with Gasteiger partial charge in [0.15, 0.2) is 0 Å². The van der Waals surface area contributed by atoms with Gasteiger partial charge in [-0.05, 0) is 44.6 Å². The number of carbonyl (C=O) groups excluding carboxylic acids is 1. The molecular formula is C17H26FN3O. The average Bonchev–Trinajstić information content (AvgIpc) is 2.53. The number of likely N-dealkylation sites (N-methyl/N-ethyl adjacent to an activating group) is 1. The van der Waals surface area contributed by atoms with Gasteiger partial charge in [0.1, 0.15) is 5.82 Å². The fourth-order valence-corrected chi connectivity index (χ4v) is 3.08. The van der Waals surface area contributed by atoms with Gasteiger partial charge < -0.3 is 15.5 Å². The number of rotatable bonds is 5. The minimum atomic E-state index is -0.265. The summed E-state index contributed by atoms with van der Waals surface area (Å²) in [6.45, 7) is 1.07. The van der Waals surface area contributed by atoms with E-state index in [4.69, 9.17) is 0 Å². The number of benzene rings is 1. The Bertz CT molecular complexity index is 481. The molecule has 122 valence electrons. The highest BCUT2D eigenvalue weighted by atomic mass is 19.1. The second-order valence-corrected chi connectivity index (χ2v) is 6.34. The standard InChI is InChI=1S/C17H26FN3O/c1-21(2)17(10-4-3-5-11-17)13-20-16(22)19-12-14-6-8-15(18)9-7-14/h6-9H,3-5,10-13H2,1-2H3,(H2,19,20,22). The maximum absolute atomic E-state index is 12.8. The molecule has 0 bridgehead atoms. The van der Waals surface area contributed by atoms with Crippen LogP contribution in [0.5, 0.6) is 0 Å². The Kier molecular flexibility index (Phi) is 5.77. The quantitative estimate of drug-likeness (QED) is 0.878. The molecular weight excluding hydrogens is 281 g/mol. The Morgan fingerprint density at radius 3 is 2.36 bits per heavy atom. The molecule has 1 aliphatic rings. The molecule has 0 unspecified atom stereocenters. The molecule has 2 N–H and O–H groups in total. The van der Waals surface area contributed by atoms with Gasteiger partial charge in [-0.3, -0.25) is 0 Å². The minimum Gasteiger partial charge on any atom is -0.336 e. The molecule has 1 aromatic rings. The highest BCUT2D eigenvalue weighted by Crippen LogP contribution is 2.31. The minimum absolute atomic E-state index is 0.0749. The molecule has 0 heterocycles. The first-order chi connectivity index (χ1) is 10.5. The lowest BCUT2D eigenvalue weighted by molar-refractivity contribution is 0.101. The molecule has 4 nitrogen and oxygen atoms in total. The molecule has 1 saturated carbocycles. The third-order valence-corrected chi connectivity index (χ3v) is 4.68. The molecule has 1 aliphatic carbocycles. The van der Waals surface area contributed by atoms with Crippen molar-refractivity contribution >= 4 is 6.03 Å². The van der Waals surface area contributed by atoms with Crippen molar-refractivity contribution in [2.45, 2.75) is 44.2 Å². The van der Waals surface area contributed by atoms with Gasteiger partial charge in [0, 0.05) is 18.6 Å². The number of carbonyl (C=O) groups is 1. The lowest BCUT2D eigenvalue weighted by atomic mass is 9.80. The van der Waals surface area contributed by atoms with E-state index >= 15 is 0 Å². The summed E-state index contributed by atoms with van der Waals surface area (Å²) in [7, 11) is 4.17. The third kappa shape index (κ3) is 4.44. The summed E-state index contributed by atoms with van der Waals surface area (Å²) in [6.07, 6.45) is 5.97. The van der Waals surface area contributed by atoms with Crippen molar-refractivity contribution in [1.29, 1.82) is 0 Å². The van der Waals surface area contributed by atoms with Crippen LogP contribution in [0, 0.1) is 5.82 Å². The van der Waals surface area contributed by atoms with Gasteiger partial charge in [-0.1, -0.05) is 31.4 Å². The summed E-state index contributed by atoms with van der Waals surface area (Å²) in [5.74, 6) is -0.265. The maximum Gasteiger partial charge on any atom is 0.315 e. The van der Waals surface area contributed by atoms with Crippen molar-refractivity contribution in [2.24, 2.45) is 0 Å². The van der Waals surface area contributed by atoms with Crippen LogP contribution in [0.15, 0.2) is 24.3 Å². The molecule has 0 aromatic heterocycles. The smallest absolute Gasteiger partial charge is 0.315 e. The topological polar surface area (TPSA) is 44.4 Å². The second-order valence-electron chi connectivity index (χ2n) is 6.34. The predicted molar refractivity (Wildman–Crippen MR) is 86.1 cm³/mol. The van der Waals surface area contributed by atoms with Gasteiger partial charge in [-0.25, -0.2) is 9.18 Å². The normalized spacial score (nSPS) is 17.3. The SMILES string of the molecule is CN(C)C1(CNC(=O)NCc2ccc(F)cc2)CCCCC1. The van der Waals surface area contributed by atoms with Crippen LogP contribution in [0.2, 0.25) is 0 Å². The first-order valence-electron chi connectivity index (χ1n) is 7.95. The fraction of sp³-hybridized carbons (Fsp3) is 0.588. The number of hydrogen-bond donors (Lipinski definition) is 2. The van der Waals surface area contributed by atoms with Crippen LogP contribution < -0.4 is 10.6 Å². The van der Waals surface area contributed by atoms with E-state index in [0.29, 0.717) is 13.1 Å². The molecule has 5 heteroatoms. The molecule has 2 amide bonds. The van der Waals surface area contributed by atoms with Gasteiger partial charge in [0.2, 0.25) is 0 Å². The van der Waals surface area contributed by atoms with E-state index in [2.05, 4.69) is 29.6 Å². The zero-order valence-electron chi connectivity index (χ0n) is 13.5. The zero-order chi connectivity index (χ0) is 16.0. The van der Waals surface area contributed by atoms with Crippen LogP contribution in [0.1, 0.15) is 37.7 Å². The zero-order valence-corrected chi connectivity index (χ0v) is 13.5. The highest BCUT2D eigenvalue weighted by molar-refractivity contribution is 5.73. The average molecular weight is 307 g/mol. The van der Waals surface area contributed by atoms with Gasteiger partial charge >= 0.3 is 6.03 Å². The lowest BCUT2D eigenvalue weighted by Crippen LogP contribution is -2.55. The third-order valence-electron chi connectivity index (χ3n) is 4.68.